The molecule has 0 radical (unpaired) electrons. The number of fused-ring (bicyclic) bond motifs is 1. The van der Waals surface area contributed by atoms with Crippen LogP contribution in [-0.4, -0.2) is 20.8 Å². The maximum absolute atomic E-state index is 11.3. The van der Waals surface area contributed by atoms with Crippen LogP contribution in [0.25, 0.3) is 0 Å². The molecule has 2 rings (SSSR count). The molecule has 2 aliphatic rings. The van der Waals surface area contributed by atoms with E-state index in [4.69, 9.17) is 5.14 Å². The fraction of sp³-hybridized carbons (Fsp3) is 0.111. The quantitative estimate of drug-likeness (QED) is 0.701. The number of hydrogen-bond donors (Lipinski definition) is 1. The van der Waals surface area contributed by atoms with E-state index >= 15 is 0 Å². The Morgan fingerprint density at radius 2 is 2.00 bits per heavy atom. The fourth-order valence-corrected chi connectivity index (χ4v) is 2.14. The molecule has 0 saturated carbocycles. The van der Waals surface area contributed by atoms with E-state index in [0.717, 1.165) is 0 Å². The van der Waals surface area contributed by atoms with Crippen molar-refractivity contribution in [3.63, 3.8) is 0 Å². The molecule has 0 aromatic heterocycles. The van der Waals surface area contributed by atoms with Crippen molar-refractivity contribution in [1.82, 2.24) is 0 Å². The zero-order valence-corrected chi connectivity index (χ0v) is 8.61. The first-order valence-electron chi connectivity index (χ1n) is 4.29. The van der Waals surface area contributed by atoms with Crippen LogP contribution < -0.4 is 5.14 Å². The molecule has 1 aliphatic heterocycles. The molecule has 5 nitrogen and oxygen atoms in total. The topological polar surface area (TPSA) is 84.9 Å². The van der Waals surface area contributed by atoms with Crippen LogP contribution in [0.15, 0.2) is 44.5 Å². The second-order valence-electron chi connectivity index (χ2n) is 3.07. The number of nitrogens with zero attached hydrogens (tertiary/aromatic N) is 2. The lowest BCUT2D eigenvalue weighted by molar-refractivity contribution is 0.602. The van der Waals surface area contributed by atoms with Crippen molar-refractivity contribution in [3.8, 4) is 0 Å². The molecule has 6 heteroatoms. The van der Waals surface area contributed by atoms with Gasteiger partial charge in [-0.2, -0.15) is 0 Å². The van der Waals surface area contributed by atoms with E-state index < -0.39 is 10.0 Å². The third-order valence-electron chi connectivity index (χ3n) is 2.02. The van der Waals surface area contributed by atoms with Gasteiger partial charge in [0.15, 0.2) is 5.03 Å². The van der Waals surface area contributed by atoms with Crippen molar-refractivity contribution in [2.24, 2.45) is 15.1 Å². The SMILES string of the molecule is NS(=O)(=O)C1=C2CC=CC=C2N=CC=N1. The Morgan fingerprint density at radius 1 is 1.27 bits per heavy atom. The highest BCUT2D eigenvalue weighted by Crippen LogP contribution is 2.27. The van der Waals surface area contributed by atoms with E-state index in [1.54, 1.807) is 6.08 Å². The van der Waals surface area contributed by atoms with Crippen LogP contribution in [0, 0.1) is 0 Å². The van der Waals surface area contributed by atoms with Crippen molar-refractivity contribution in [3.05, 3.63) is 34.5 Å². The molecular weight excluding hydrogens is 214 g/mol. The second-order valence-corrected chi connectivity index (χ2v) is 4.55. The first-order chi connectivity index (χ1) is 7.09. The first-order valence-corrected chi connectivity index (χ1v) is 5.83. The molecule has 0 saturated heterocycles. The standard InChI is InChI=1S/C9H9N3O2S/c10-15(13,14)9-7-3-1-2-4-8(7)11-5-6-12-9/h1-2,4-6H,3H2,(H2,10,13,14). The Balaban J connectivity index is 2.66. The number of primary sulfonamides is 1. The molecule has 0 amide bonds. The summed E-state index contributed by atoms with van der Waals surface area (Å²) in [5.74, 6) is 0. The van der Waals surface area contributed by atoms with Crippen molar-refractivity contribution in [2.75, 3.05) is 0 Å². The minimum Gasteiger partial charge on any atom is -0.255 e. The van der Waals surface area contributed by atoms with Crippen LogP contribution in [0.3, 0.4) is 0 Å². The number of sulfonamides is 1. The number of rotatable bonds is 1. The highest BCUT2D eigenvalue weighted by molar-refractivity contribution is 7.93. The van der Waals surface area contributed by atoms with Gasteiger partial charge in [-0.25, -0.2) is 18.5 Å². The molecule has 2 N–H and O–H groups in total. The minimum atomic E-state index is -3.79. The molecule has 1 aliphatic carbocycles. The Kier molecular flexibility index (Phi) is 2.37. The van der Waals surface area contributed by atoms with E-state index in [1.165, 1.54) is 12.4 Å². The van der Waals surface area contributed by atoms with Crippen molar-refractivity contribution in [2.45, 2.75) is 6.42 Å². The average Bonchev–Trinajstić information content (AvgIpc) is 2.38. The molecule has 15 heavy (non-hydrogen) atoms. The number of allylic oxidation sites excluding steroid dienone is 4. The molecule has 0 bridgehead atoms. The Bertz CT molecular complexity index is 536. The van der Waals surface area contributed by atoms with Gasteiger partial charge < -0.3 is 0 Å². The maximum atomic E-state index is 11.3. The van der Waals surface area contributed by atoms with E-state index in [0.29, 0.717) is 17.7 Å². The van der Waals surface area contributed by atoms with Crippen molar-refractivity contribution < 1.29 is 8.42 Å². The highest BCUT2D eigenvalue weighted by atomic mass is 32.2. The molecule has 1 heterocycles. The molecule has 0 atom stereocenters. The summed E-state index contributed by atoms with van der Waals surface area (Å²) in [4.78, 5) is 7.86. The lowest BCUT2D eigenvalue weighted by Gasteiger charge is -2.10. The first kappa shape index (κ1) is 10.0. The predicted octanol–water partition coefficient (Wildman–Crippen LogP) is 0.486. The molecule has 0 unspecified atom stereocenters. The summed E-state index contributed by atoms with van der Waals surface area (Å²) in [5, 5.41) is 4.98. The molecule has 78 valence electrons. The number of nitrogens with two attached hydrogens (primary N) is 1. The smallest absolute Gasteiger partial charge is 0.255 e. The summed E-state index contributed by atoms with van der Waals surface area (Å²) in [6.07, 6.45) is 8.64. The summed E-state index contributed by atoms with van der Waals surface area (Å²) < 4.78 is 22.6. The van der Waals surface area contributed by atoms with Gasteiger partial charge in [-0.15, -0.1) is 0 Å². The van der Waals surface area contributed by atoms with Crippen LogP contribution in [0.2, 0.25) is 0 Å². The molecule has 0 aromatic carbocycles. The fourth-order valence-electron chi connectivity index (χ4n) is 1.41. The summed E-state index contributed by atoms with van der Waals surface area (Å²) in [5.41, 5.74) is 1.14. The largest absolute Gasteiger partial charge is 0.255 e. The van der Waals surface area contributed by atoms with Gasteiger partial charge in [0.2, 0.25) is 0 Å². The third-order valence-corrected chi connectivity index (χ3v) is 2.91. The van der Waals surface area contributed by atoms with Crippen LogP contribution in [-0.2, 0) is 10.0 Å². The highest BCUT2D eigenvalue weighted by Gasteiger charge is 2.21. The molecule has 0 aromatic rings. The molecular formula is C9H9N3O2S. The Morgan fingerprint density at radius 3 is 2.73 bits per heavy atom. The Hall–Kier alpha value is -1.53. The molecule has 0 fully saturated rings. The van der Waals surface area contributed by atoms with Crippen LogP contribution in [0.5, 0.6) is 0 Å². The predicted molar refractivity (Wildman–Crippen MR) is 59.0 cm³/mol. The lowest BCUT2D eigenvalue weighted by Crippen LogP contribution is -2.16. The van der Waals surface area contributed by atoms with Gasteiger partial charge in [-0.3, -0.25) is 4.99 Å². The summed E-state index contributed by atoms with van der Waals surface area (Å²) in [7, 11) is -3.79. The van der Waals surface area contributed by atoms with E-state index in [-0.39, 0.29) is 5.03 Å². The summed E-state index contributed by atoms with van der Waals surface area (Å²) in [6.45, 7) is 0. The Labute approximate surface area is 87.5 Å². The summed E-state index contributed by atoms with van der Waals surface area (Å²) >= 11 is 0. The third kappa shape index (κ3) is 1.95. The van der Waals surface area contributed by atoms with Crippen LogP contribution in [0.4, 0.5) is 0 Å². The monoisotopic (exact) mass is 223 g/mol. The van der Waals surface area contributed by atoms with Crippen molar-refractivity contribution >= 4 is 22.5 Å². The van der Waals surface area contributed by atoms with Gasteiger partial charge in [0.25, 0.3) is 10.0 Å². The van der Waals surface area contributed by atoms with Crippen LogP contribution in [0.1, 0.15) is 6.42 Å². The average molecular weight is 223 g/mol. The van der Waals surface area contributed by atoms with Gasteiger partial charge >= 0.3 is 0 Å². The number of hydrogen-bond acceptors (Lipinski definition) is 4. The van der Waals surface area contributed by atoms with E-state index in [1.807, 2.05) is 12.2 Å². The minimum absolute atomic E-state index is 0.101. The van der Waals surface area contributed by atoms with Gasteiger partial charge in [0.1, 0.15) is 0 Å². The van der Waals surface area contributed by atoms with Gasteiger partial charge in [-0.1, -0.05) is 12.2 Å². The number of aliphatic imine (C=N–C) groups is 2. The second kappa shape index (κ2) is 3.56. The zero-order chi connectivity index (χ0) is 10.9. The normalized spacial score (nSPS) is 19.9. The lowest BCUT2D eigenvalue weighted by atomic mass is 10.1. The van der Waals surface area contributed by atoms with Crippen molar-refractivity contribution in [1.29, 1.82) is 0 Å². The maximum Gasteiger partial charge on any atom is 0.255 e. The van der Waals surface area contributed by atoms with Gasteiger partial charge in [0, 0.05) is 18.0 Å². The summed E-state index contributed by atoms with van der Waals surface area (Å²) in [6, 6.07) is 0. The van der Waals surface area contributed by atoms with E-state index in [2.05, 4.69) is 9.98 Å². The van der Waals surface area contributed by atoms with E-state index in [9.17, 15) is 8.42 Å². The molecule has 0 spiro atoms. The van der Waals surface area contributed by atoms with Gasteiger partial charge in [0.05, 0.1) is 5.70 Å². The van der Waals surface area contributed by atoms with Gasteiger partial charge in [-0.05, 0) is 12.5 Å². The zero-order valence-electron chi connectivity index (χ0n) is 7.79. The van der Waals surface area contributed by atoms with Crippen LogP contribution >= 0.6 is 0 Å².